The highest BCUT2D eigenvalue weighted by atomic mass is 16.1. The van der Waals surface area contributed by atoms with Crippen molar-refractivity contribution in [1.82, 2.24) is 10.3 Å². The van der Waals surface area contributed by atoms with E-state index in [1.807, 2.05) is 30.3 Å². The zero-order valence-corrected chi connectivity index (χ0v) is 11.4. The average molecular weight is 269 g/mol. The molecular formula is C16H19N3O. The lowest BCUT2D eigenvalue weighted by Crippen LogP contribution is -2.38. The van der Waals surface area contributed by atoms with Crippen molar-refractivity contribution >= 4 is 16.8 Å². The molecule has 1 amide bonds. The van der Waals surface area contributed by atoms with Crippen LogP contribution in [0, 0.1) is 5.92 Å². The Labute approximate surface area is 118 Å². The molecule has 1 aromatic heterocycles. The molecule has 3 N–H and O–H groups in total. The van der Waals surface area contributed by atoms with Crippen LogP contribution in [0.3, 0.4) is 0 Å². The molecule has 0 unspecified atom stereocenters. The van der Waals surface area contributed by atoms with Gasteiger partial charge in [0.15, 0.2) is 0 Å². The van der Waals surface area contributed by atoms with E-state index in [2.05, 4.69) is 10.3 Å². The number of fused-ring (bicyclic) bond motifs is 1. The van der Waals surface area contributed by atoms with Gasteiger partial charge in [0.25, 0.3) is 5.91 Å². The van der Waals surface area contributed by atoms with E-state index in [-0.39, 0.29) is 5.91 Å². The van der Waals surface area contributed by atoms with Crippen molar-refractivity contribution in [3.63, 3.8) is 0 Å². The summed E-state index contributed by atoms with van der Waals surface area (Å²) in [4.78, 5) is 16.4. The van der Waals surface area contributed by atoms with Gasteiger partial charge in [0.05, 0.1) is 5.52 Å². The van der Waals surface area contributed by atoms with E-state index < -0.39 is 0 Å². The number of amides is 1. The molecule has 0 aliphatic heterocycles. The van der Waals surface area contributed by atoms with Gasteiger partial charge in [-0.05, 0) is 37.3 Å². The van der Waals surface area contributed by atoms with Gasteiger partial charge in [0.2, 0.25) is 0 Å². The molecule has 0 bridgehead atoms. The lowest BCUT2D eigenvalue weighted by atomic mass is 9.79. The molecule has 1 heterocycles. The van der Waals surface area contributed by atoms with Gasteiger partial charge in [0.1, 0.15) is 5.69 Å². The van der Waals surface area contributed by atoms with Crippen molar-refractivity contribution in [2.45, 2.75) is 25.3 Å². The molecule has 2 aromatic rings. The lowest BCUT2D eigenvalue weighted by molar-refractivity contribution is 0.0943. The van der Waals surface area contributed by atoms with Crippen molar-refractivity contribution in [2.24, 2.45) is 11.7 Å². The van der Waals surface area contributed by atoms with Crippen molar-refractivity contribution in [1.29, 1.82) is 0 Å². The summed E-state index contributed by atoms with van der Waals surface area (Å²) in [5.41, 5.74) is 7.08. The summed E-state index contributed by atoms with van der Waals surface area (Å²) in [6.07, 6.45) is 3.18. The largest absolute Gasteiger partial charge is 0.351 e. The summed E-state index contributed by atoms with van der Waals surface area (Å²) in [6, 6.07) is 11.9. The molecule has 0 radical (unpaired) electrons. The maximum atomic E-state index is 12.0. The van der Waals surface area contributed by atoms with Crippen molar-refractivity contribution in [3.05, 3.63) is 42.1 Å². The highest BCUT2D eigenvalue weighted by Gasteiger charge is 2.25. The fourth-order valence-electron chi connectivity index (χ4n) is 2.70. The molecule has 1 saturated carbocycles. The fraction of sp³-hybridized carbons (Fsp3) is 0.375. The van der Waals surface area contributed by atoms with E-state index in [0.717, 1.165) is 30.2 Å². The minimum absolute atomic E-state index is 0.0978. The van der Waals surface area contributed by atoms with Crippen LogP contribution in [0.25, 0.3) is 10.9 Å². The standard InChI is InChI=1S/C16H19N3O/c17-13-9-11(10-13)7-8-18-16(20)15-6-5-12-3-1-2-4-14(12)19-15/h1-6,11,13H,7-10,17H2,(H,18,20). The second-order valence-corrected chi connectivity index (χ2v) is 5.53. The first-order valence-electron chi connectivity index (χ1n) is 7.12. The number of hydrogen-bond donors (Lipinski definition) is 2. The maximum Gasteiger partial charge on any atom is 0.269 e. The Morgan fingerprint density at radius 2 is 2.05 bits per heavy atom. The molecule has 4 heteroatoms. The molecule has 3 rings (SSSR count). The van der Waals surface area contributed by atoms with Crippen molar-refractivity contribution in [3.8, 4) is 0 Å². The third-order valence-corrected chi connectivity index (χ3v) is 3.94. The summed E-state index contributed by atoms with van der Waals surface area (Å²) in [5.74, 6) is 0.578. The maximum absolute atomic E-state index is 12.0. The van der Waals surface area contributed by atoms with E-state index in [9.17, 15) is 4.79 Å². The van der Waals surface area contributed by atoms with E-state index >= 15 is 0 Å². The van der Waals surface area contributed by atoms with Crippen LogP contribution in [0.5, 0.6) is 0 Å². The predicted molar refractivity (Wildman–Crippen MR) is 79.4 cm³/mol. The zero-order chi connectivity index (χ0) is 13.9. The van der Waals surface area contributed by atoms with E-state index in [4.69, 9.17) is 5.73 Å². The number of carbonyl (C=O) groups excluding carboxylic acids is 1. The SMILES string of the molecule is NC1CC(CCNC(=O)c2ccc3ccccc3n2)C1. The number of hydrogen-bond acceptors (Lipinski definition) is 3. The Morgan fingerprint density at radius 1 is 1.25 bits per heavy atom. The number of rotatable bonds is 4. The van der Waals surface area contributed by atoms with Gasteiger partial charge in [-0.2, -0.15) is 0 Å². The van der Waals surface area contributed by atoms with Crippen LogP contribution in [-0.4, -0.2) is 23.5 Å². The summed E-state index contributed by atoms with van der Waals surface area (Å²) in [5, 5.41) is 3.98. The van der Waals surface area contributed by atoms with Crippen LogP contribution in [0.2, 0.25) is 0 Å². The number of aromatic nitrogens is 1. The fourth-order valence-corrected chi connectivity index (χ4v) is 2.70. The molecule has 104 valence electrons. The molecule has 20 heavy (non-hydrogen) atoms. The first-order chi connectivity index (χ1) is 9.72. The van der Waals surface area contributed by atoms with Crippen LogP contribution in [0.15, 0.2) is 36.4 Å². The lowest BCUT2D eigenvalue weighted by Gasteiger charge is -2.32. The molecule has 1 aliphatic carbocycles. The van der Waals surface area contributed by atoms with Gasteiger partial charge in [0, 0.05) is 18.0 Å². The van der Waals surface area contributed by atoms with E-state index in [1.165, 1.54) is 0 Å². The van der Waals surface area contributed by atoms with Crippen LogP contribution in [0.1, 0.15) is 29.8 Å². The molecule has 1 aromatic carbocycles. The van der Waals surface area contributed by atoms with Crippen LogP contribution >= 0.6 is 0 Å². The number of para-hydroxylation sites is 1. The Bertz CT molecular complexity index is 620. The predicted octanol–water partition coefficient (Wildman–Crippen LogP) is 2.09. The molecular weight excluding hydrogens is 250 g/mol. The molecule has 1 fully saturated rings. The van der Waals surface area contributed by atoms with Crippen molar-refractivity contribution in [2.75, 3.05) is 6.54 Å². The van der Waals surface area contributed by atoms with Crippen LogP contribution < -0.4 is 11.1 Å². The van der Waals surface area contributed by atoms with Gasteiger partial charge >= 0.3 is 0 Å². The molecule has 0 atom stereocenters. The quantitative estimate of drug-likeness (QED) is 0.893. The highest BCUT2D eigenvalue weighted by molar-refractivity contribution is 5.94. The minimum Gasteiger partial charge on any atom is -0.351 e. The topological polar surface area (TPSA) is 68.0 Å². The highest BCUT2D eigenvalue weighted by Crippen LogP contribution is 2.27. The summed E-state index contributed by atoms with van der Waals surface area (Å²) < 4.78 is 0. The average Bonchev–Trinajstić information content (AvgIpc) is 2.44. The monoisotopic (exact) mass is 269 g/mol. The van der Waals surface area contributed by atoms with Gasteiger partial charge in [-0.25, -0.2) is 4.98 Å². The summed E-state index contributed by atoms with van der Waals surface area (Å²) in [7, 11) is 0. The van der Waals surface area contributed by atoms with Gasteiger partial charge < -0.3 is 11.1 Å². The van der Waals surface area contributed by atoms with Gasteiger partial charge in [-0.1, -0.05) is 24.3 Å². The second-order valence-electron chi connectivity index (χ2n) is 5.53. The number of carbonyl (C=O) groups is 1. The number of nitrogens with two attached hydrogens (primary N) is 1. The zero-order valence-electron chi connectivity index (χ0n) is 11.4. The third-order valence-electron chi connectivity index (χ3n) is 3.94. The summed E-state index contributed by atoms with van der Waals surface area (Å²) in [6.45, 7) is 0.699. The van der Waals surface area contributed by atoms with Gasteiger partial charge in [-0.15, -0.1) is 0 Å². The normalized spacial score (nSPS) is 21.4. The number of nitrogens with zero attached hydrogens (tertiary/aromatic N) is 1. The van der Waals surface area contributed by atoms with Gasteiger partial charge in [-0.3, -0.25) is 4.79 Å². The smallest absolute Gasteiger partial charge is 0.269 e. The molecule has 0 spiro atoms. The van der Waals surface area contributed by atoms with Crippen LogP contribution in [0.4, 0.5) is 0 Å². The van der Waals surface area contributed by atoms with E-state index in [0.29, 0.717) is 24.2 Å². The van der Waals surface area contributed by atoms with Crippen LogP contribution in [-0.2, 0) is 0 Å². The minimum atomic E-state index is -0.0978. The van der Waals surface area contributed by atoms with E-state index in [1.54, 1.807) is 6.07 Å². The summed E-state index contributed by atoms with van der Waals surface area (Å²) >= 11 is 0. The van der Waals surface area contributed by atoms with Crippen molar-refractivity contribution < 1.29 is 4.79 Å². The second kappa shape index (κ2) is 5.59. The molecule has 4 nitrogen and oxygen atoms in total. The first kappa shape index (κ1) is 13.1. The Balaban J connectivity index is 1.57. The Hall–Kier alpha value is -1.94. The number of pyridine rings is 1. The third kappa shape index (κ3) is 2.80. The Morgan fingerprint density at radius 3 is 2.85 bits per heavy atom. The number of nitrogens with one attached hydrogen (secondary N) is 1. The number of benzene rings is 1. The molecule has 1 aliphatic rings. The first-order valence-corrected chi connectivity index (χ1v) is 7.12. The molecule has 0 saturated heterocycles. The Kier molecular flexibility index (Phi) is 3.65.